The molecule has 0 heterocycles. The van der Waals surface area contributed by atoms with E-state index >= 15 is 0 Å². The fraction of sp³-hybridized carbons (Fsp3) is 0.364. The monoisotopic (exact) mass is 469 g/mol. The van der Waals surface area contributed by atoms with Crippen LogP contribution in [0.2, 0.25) is 0 Å². The highest BCUT2D eigenvalue weighted by molar-refractivity contribution is 5.86. The van der Waals surface area contributed by atoms with Crippen molar-refractivity contribution in [1.82, 2.24) is 5.32 Å². The lowest BCUT2D eigenvalue weighted by atomic mass is 9.91. The second kappa shape index (κ2) is 15.0. The average molecular weight is 470 g/mol. The molecule has 0 atom stereocenters. The van der Waals surface area contributed by atoms with Crippen LogP contribution in [0.3, 0.4) is 0 Å². The largest absolute Gasteiger partial charge is 0.356 e. The number of aryl methyl sites for hydroxylation is 4. The number of unbranched alkanes of at least 4 members (excludes halogenated alkanes) is 2. The van der Waals surface area contributed by atoms with E-state index in [4.69, 9.17) is 0 Å². The molecule has 3 aromatic rings. The second-order valence-corrected chi connectivity index (χ2v) is 9.09. The summed E-state index contributed by atoms with van der Waals surface area (Å²) in [6.07, 6.45) is 9.73. The molecule has 0 spiro atoms. The molecule has 0 saturated carbocycles. The Hall–Kier alpha value is -3.13. The summed E-state index contributed by atoms with van der Waals surface area (Å²) >= 11 is 0. The number of likely N-dealkylation sites (N-methyl/N-ethyl adjacent to an activating group) is 1. The van der Waals surface area contributed by atoms with Crippen molar-refractivity contribution < 1.29 is 4.79 Å². The fourth-order valence-corrected chi connectivity index (χ4v) is 4.31. The Kier molecular flexibility index (Phi) is 12.0. The van der Waals surface area contributed by atoms with Gasteiger partial charge >= 0.3 is 0 Å². The minimum atomic E-state index is -0.144. The van der Waals surface area contributed by atoms with Crippen molar-refractivity contribution in [2.45, 2.75) is 72.6 Å². The minimum absolute atomic E-state index is 0.144. The van der Waals surface area contributed by atoms with Gasteiger partial charge in [-0.25, -0.2) is 0 Å². The summed E-state index contributed by atoms with van der Waals surface area (Å²) in [7, 11) is 1.56. The summed E-state index contributed by atoms with van der Waals surface area (Å²) in [5.74, 6) is -0.144. The third kappa shape index (κ3) is 8.55. The van der Waals surface area contributed by atoms with Gasteiger partial charge < -0.3 is 5.32 Å². The Morgan fingerprint density at radius 2 is 1.49 bits per heavy atom. The van der Waals surface area contributed by atoms with Crippen LogP contribution in [0.5, 0.6) is 0 Å². The molecule has 186 valence electrons. The number of nitrogens with one attached hydrogen (secondary N) is 1. The first-order valence-electron chi connectivity index (χ1n) is 13.1. The highest BCUT2D eigenvalue weighted by atomic mass is 16.1. The van der Waals surface area contributed by atoms with Crippen LogP contribution in [-0.2, 0) is 24.1 Å². The van der Waals surface area contributed by atoms with Gasteiger partial charge in [0, 0.05) is 7.05 Å². The first kappa shape index (κ1) is 28.1. The summed E-state index contributed by atoms with van der Waals surface area (Å²) in [6.45, 7) is 12.2. The van der Waals surface area contributed by atoms with E-state index in [0.717, 1.165) is 6.42 Å². The van der Waals surface area contributed by atoms with Gasteiger partial charge in [-0.15, -0.1) is 0 Å². The zero-order valence-corrected chi connectivity index (χ0v) is 22.4. The van der Waals surface area contributed by atoms with Crippen LogP contribution in [0, 0.1) is 6.92 Å². The Morgan fingerprint density at radius 3 is 2.03 bits per heavy atom. The molecule has 0 aliphatic heterocycles. The van der Waals surface area contributed by atoms with E-state index in [2.05, 4.69) is 100 Å². The van der Waals surface area contributed by atoms with Crippen LogP contribution < -0.4 is 5.32 Å². The average Bonchev–Trinajstić information content (AvgIpc) is 2.90. The summed E-state index contributed by atoms with van der Waals surface area (Å²) in [5.41, 5.74) is 11.1. The summed E-state index contributed by atoms with van der Waals surface area (Å²) in [5, 5.41) is 2.36. The molecule has 3 rings (SSSR count). The maximum absolute atomic E-state index is 9.95. The van der Waals surface area contributed by atoms with Gasteiger partial charge in [0.1, 0.15) is 0 Å². The number of amides is 1. The van der Waals surface area contributed by atoms with Crippen molar-refractivity contribution in [2.75, 3.05) is 7.05 Å². The standard InChI is InChI=1S/C29H36.C4H7NO/c1-5-8-9-11-23-12-14-26(15-13-23)27-18-19-29(24(7-3)21-27)28-17-16-25(10-6-2)22(4)20-28;1-3-4(6)5-2/h12-21H,5-11H2,1-4H3;3H,1H2,2H3,(H,5,6). The molecule has 0 unspecified atom stereocenters. The van der Waals surface area contributed by atoms with Crippen LogP contribution in [0.4, 0.5) is 0 Å². The molecule has 0 saturated heterocycles. The van der Waals surface area contributed by atoms with Gasteiger partial charge in [0.2, 0.25) is 5.91 Å². The molecular formula is C33H43NO. The normalized spacial score (nSPS) is 10.3. The molecule has 3 aromatic carbocycles. The lowest BCUT2D eigenvalue weighted by molar-refractivity contribution is -0.116. The van der Waals surface area contributed by atoms with Crippen molar-refractivity contribution >= 4 is 5.91 Å². The highest BCUT2D eigenvalue weighted by Gasteiger charge is 2.08. The van der Waals surface area contributed by atoms with Crippen molar-refractivity contribution in [3.05, 3.63) is 95.6 Å². The maximum Gasteiger partial charge on any atom is 0.243 e. The lowest BCUT2D eigenvalue weighted by Crippen LogP contribution is -2.13. The molecule has 35 heavy (non-hydrogen) atoms. The van der Waals surface area contributed by atoms with Gasteiger partial charge in [-0.1, -0.05) is 107 Å². The van der Waals surface area contributed by atoms with Gasteiger partial charge in [0.15, 0.2) is 0 Å². The smallest absolute Gasteiger partial charge is 0.243 e. The fourth-order valence-electron chi connectivity index (χ4n) is 4.31. The molecule has 0 fully saturated rings. The third-order valence-electron chi connectivity index (χ3n) is 6.45. The highest BCUT2D eigenvalue weighted by Crippen LogP contribution is 2.31. The predicted octanol–water partition coefficient (Wildman–Crippen LogP) is 8.50. The molecule has 2 nitrogen and oxygen atoms in total. The number of carbonyl (C=O) groups is 1. The van der Waals surface area contributed by atoms with E-state index in [1.54, 1.807) is 7.05 Å². The summed E-state index contributed by atoms with van der Waals surface area (Å²) in [6, 6.07) is 23.2. The Morgan fingerprint density at radius 1 is 0.800 bits per heavy atom. The van der Waals surface area contributed by atoms with Crippen molar-refractivity contribution in [3.8, 4) is 22.3 Å². The molecule has 0 aliphatic carbocycles. The molecule has 1 N–H and O–H groups in total. The van der Waals surface area contributed by atoms with E-state index in [-0.39, 0.29) is 5.91 Å². The second-order valence-electron chi connectivity index (χ2n) is 9.09. The molecule has 1 amide bonds. The van der Waals surface area contributed by atoms with E-state index < -0.39 is 0 Å². The molecule has 2 heteroatoms. The van der Waals surface area contributed by atoms with Crippen molar-refractivity contribution in [3.63, 3.8) is 0 Å². The summed E-state index contributed by atoms with van der Waals surface area (Å²) < 4.78 is 0. The molecule has 0 aliphatic rings. The maximum atomic E-state index is 9.95. The lowest BCUT2D eigenvalue weighted by Gasteiger charge is -2.14. The van der Waals surface area contributed by atoms with E-state index in [0.29, 0.717) is 0 Å². The number of benzene rings is 3. The molecule has 0 radical (unpaired) electrons. The summed E-state index contributed by atoms with van der Waals surface area (Å²) in [4.78, 5) is 9.95. The SMILES string of the molecule is C=CC(=O)NC.CCCCCc1ccc(-c2ccc(-c3ccc(CCC)c(C)c3)c(CC)c2)cc1. The first-order chi connectivity index (χ1) is 17.0. The minimum Gasteiger partial charge on any atom is -0.356 e. The van der Waals surface area contributed by atoms with Crippen LogP contribution in [-0.4, -0.2) is 13.0 Å². The zero-order valence-electron chi connectivity index (χ0n) is 22.4. The van der Waals surface area contributed by atoms with Crippen LogP contribution in [0.15, 0.2) is 73.3 Å². The van der Waals surface area contributed by atoms with Crippen LogP contribution >= 0.6 is 0 Å². The number of rotatable bonds is 10. The van der Waals surface area contributed by atoms with E-state index in [1.807, 2.05) is 0 Å². The van der Waals surface area contributed by atoms with Crippen LogP contribution in [0.25, 0.3) is 22.3 Å². The third-order valence-corrected chi connectivity index (χ3v) is 6.45. The van der Waals surface area contributed by atoms with Gasteiger partial charge in [-0.05, 0) is 83.2 Å². The van der Waals surface area contributed by atoms with Gasteiger partial charge in [-0.2, -0.15) is 0 Å². The van der Waals surface area contributed by atoms with Gasteiger partial charge in [0.05, 0.1) is 0 Å². The molecule has 0 aromatic heterocycles. The van der Waals surface area contributed by atoms with Crippen molar-refractivity contribution in [2.24, 2.45) is 0 Å². The number of hydrogen-bond acceptors (Lipinski definition) is 1. The predicted molar refractivity (Wildman–Crippen MR) is 153 cm³/mol. The molecule has 0 bridgehead atoms. The topological polar surface area (TPSA) is 29.1 Å². The quantitative estimate of drug-likeness (QED) is 0.234. The number of carbonyl (C=O) groups excluding carboxylic acids is 1. The van der Waals surface area contributed by atoms with Gasteiger partial charge in [-0.3, -0.25) is 4.79 Å². The Labute approximate surface area is 213 Å². The van der Waals surface area contributed by atoms with Crippen molar-refractivity contribution in [1.29, 1.82) is 0 Å². The Balaban J connectivity index is 0.000000641. The first-order valence-corrected chi connectivity index (χ1v) is 13.1. The van der Waals surface area contributed by atoms with E-state index in [9.17, 15) is 4.79 Å². The molecular weight excluding hydrogens is 426 g/mol. The van der Waals surface area contributed by atoms with Gasteiger partial charge in [0.25, 0.3) is 0 Å². The van der Waals surface area contributed by atoms with E-state index in [1.165, 1.54) is 89.1 Å². The van der Waals surface area contributed by atoms with Crippen LogP contribution in [0.1, 0.15) is 68.7 Å². The Bertz CT molecular complexity index is 1080. The number of hydrogen-bond donors (Lipinski definition) is 1. The zero-order chi connectivity index (χ0) is 25.6.